The Morgan fingerprint density at radius 3 is 2.45 bits per heavy atom. The number of nitrogens with two attached hydrogens (primary N) is 2. The molecule has 154 valence electrons. The molecule has 7 N–H and O–H groups in total. The van der Waals surface area contributed by atoms with Gasteiger partial charge in [-0.05, 0) is 24.6 Å². The van der Waals surface area contributed by atoms with Gasteiger partial charge in [0.25, 0.3) is 0 Å². The number of aliphatic hydroxyl groups excluding tert-OH is 1. The monoisotopic (exact) mass is 400 g/mol. The van der Waals surface area contributed by atoms with Gasteiger partial charge >= 0.3 is 0 Å². The molecular formula is C21H24N2O6. The van der Waals surface area contributed by atoms with Crippen LogP contribution in [0.1, 0.15) is 41.4 Å². The van der Waals surface area contributed by atoms with Crippen LogP contribution in [0.4, 0.5) is 11.4 Å². The van der Waals surface area contributed by atoms with Crippen LogP contribution in [-0.2, 0) is 6.42 Å². The number of hydrogen-bond acceptors (Lipinski definition) is 8. The Morgan fingerprint density at radius 1 is 1.14 bits per heavy atom. The number of rotatable bonds is 8. The molecule has 0 saturated heterocycles. The lowest BCUT2D eigenvalue weighted by atomic mass is 9.97. The normalized spacial score (nSPS) is 11.1. The fourth-order valence-corrected chi connectivity index (χ4v) is 3.13. The first-order valence-corrected chi connectivity index (χ1v) is 9.32. The molecule has 0 saturated carbocycles. The summed E-state index contributed by atoms with van der Waals surface area (Å²) in [4.78, 5) is 13.2. The van der Waals surface area contributed by atoms with E-state index in [1.165, 1.54) is 24.3 Å². The summed E-state index contributed by atoms with van der Waals surface area (Å²) in [6, 6.07) is 5.66. The average Bonchev–Trinajstić information content (AvgIpc) is 3.02. The molecule has 0 aliphatic carbocycles. The number of aromatic hydroxyl groups is 2. The molecule has 1 aromatic heterocycles. The first-order valence-electron chi connectivity index (χ1n) is 9.32. The zero-order chi connectivity index (χ0) is 21.1. The van der Waals surface area contributed by atoms with E-state index in [0.717, 1.165) is 6.42 Å². The van der Waals surface area contributed by atoms with E-state index >= 15 is 0 Å². The number of nitrogen functional groups attached to an aromatic ring is 2. The van der Waals surface area contributed by atoms with Crippen molar-refractivity contribution in [2.75, 3.05) is 24.7 Å². The molecule has 0 atom stereocenters. The van der Waals surface area contributed by atoms with Gasteiger partial charge in [0.2, 0.25) is 0 Å². The fourth-order valence-electron chi connectivity index (χ4n) is 3.13. The standard InChI is InChI=1S/C21H24N2O6/c1-2-4-16-19(20(26)11-7-13(22)21(27)14(23)8-11)12-9-15(25)18(10-17(12)29-16)28-6-3-5-24/h7-10,24-25,27H,2-6,22-23H2,1H3. The van der Waals surface area contributed by atoms with Gasteiger partial charge in [0, 0.05) is 36.5 Å². The van der Waals surface area contributed by atoms with Crippen LogP contribution in [0.3, 0.4) is 0 Å². The van der Waals surface area contributed by atoms with E-state index in [9.17, 15) is 15.0 Å². The number of carbonyl (C=O) groups is 1. The second-order valence-electron chi connectivity index (χ2n) is 6.72. The maximum Gasteiger partial charge on any atom is 0.197 e. The molecule has 0 aliphatic heterocycles. The van der Waals surface area contributed by atoms with E-state index in [-0.39, 0.29) is 53.2 Å². The number of ketones is 1. The van der Waals surface area contributed by atoms with E-state index in [1.54, 1.807) is 0 Å². The van der Waals surface area contributed by atoms with Crippen LogP contribution in [0.2, 0.25) is 0 Å². The van der Waals surface area contributed by atoms with Gasteiger partial charge in [-0.15, -0.1) is 0 Å². The van der Waals surface area contributed by atoms with Crippen LogP contribution in [0.15, 0.2) is 28.7 Å². The highest BCUT2D eigenvalue weighted by Crippen LogP contribution is 2.38. The van der Waals surface area contributed by atoms with Crippen LogP contribution >= 0.6 is 0 Å². The summed E-state index contributed by atoms with van der Waals surface area (Å²) >= 11 is 0. The number of phenolic OH excluding ortho intramolecular Hbond substituents is 2. The maximum absolute atomic E-state index is 13.2. The molecule has 2 aromatic carbocycles. The zero-order valence-electron chi connectivity index (χ0n) is 16.1. The van der Waals surface area contributed by atoms with E-state index in [4.69, 9.17) is 25.7 Å². The zero-order valence-corrected chi connectivity index (χ0v) is 16.1. The predicted octanol–water partition coefficient (Wildman–Crippen LogP) is 2.95. The van der Waals surface area contributed by atoms with Crippen molar-refractivity contribution in [2.24, 2.45) is 0 Å². The number of carbonyl (C=O) groups excluding carboxylic acids is 1. The molecule has 8 nitrogen and oxygen atoms in total. The molecule has 0 spiro atoms. The lowest BCUT2D eigenvalue weighted by Crippen LogP contribution is -2.06. The largest absolute Gasteiger partial charge is 0.504 e. The van der Waals surface area contributed by atoms with Crippen molar-refractivity contribution in [1.29, 1.82) is 0 Å². The molecule has 1 heterocycles. The summed E-state index contributed by atoms with van der Waals surface area (Å²) in [6.45, 7) is 2.16. The SMILES string of the molecule is CCCc1oc2cc(OCCCO)c(O)cc2c1C(=O)c1cc(N)c(O)c(N)c1. The first-order chi connectivity index (χ1) is 13.9. The van der Waals surface area contributed by atoms with Crippen molar-refractivity contribution >= 4 is 28.1 Å². The summed E-state index contributed by atoms with van der Waals surface area (Å²) < 4.78 is 11.4. The number of ether oxygens (including phenoxy) is 1. The number of phenols is 2. The second kappa shape index (κ2) is 8.32. The van der Waals surface area contributed by atoms with Gasteiger partial charge < -0.3 is 35.9 Å². The summed E-state index contributed by atoms with van der Waals surface area (Å²) in [7, 11) is 0. The van der Waals surface area contributed by atoms with Gasteiger partial charge in [-0.3, -0.25) is 4.79 Å². The van der Waals surface area contributed by atoms with Crippen molar-refractivity contribution in [3.8, 4) is 17.2 Å². The second-order valence-corrected chi connectivity index (χ2v) is 6.72. The minimum absolute atomic E-state index is 0.000564. The van der Waals surface area contributed by atoms with Crippen molar-refractivity contribution < 1.29 is 29.3 Å². The van der Waals surface area contributed by atoms with Crippen molar-refractivity contribution in [3.63, 3.8) is 0 Å². The fraction of sp³-hybridized carbons (Fsp3) is 0.286. The number of benzene rings is 2. The van der Waals surface area contributed by atoms with Gasteiger partial charge in [0.1, 0.15) is 11.3 Å². The molecule has 0 aliphatic rings. The third-order valence-corrected chi connectivity index (χ3v) is 4.54. The van der Waals surface area contributed by atoms with E-state index in [2.05, 4.69) is 0 Å². The van der Waals surface area contributed by atoms with Crippen molar-refractivity contribution in [1.82, 2.24) is 0 Å². The highest BCUT2D eigenvalue weighted by molar-refractivity contribution is 6.18. The lowest BCUT2D eigenvalue weighted by molar-refractivity contribution is 0.103. The number of furan rings is 1. The molecule has 0 bridgehead atoms. The highest BCUT2D eigenvalue weighted by Gasteiger charge is 2.24. The summed E-state index contributed by atoms with van der Waals surface area (Å²) in [5.74, 6) is -0.101. The van der Waals surface area contributed by atoms with Crippen molar-refractivity contribution in [2.45, 2.75) is 26.2 Å². The minimum atomic E-state index is -0.376. The van der Waals surface area contributed by atoms with Gasteiger partial charge in [0.15, 0.2) is 23.0 Å². The van der Waals surface area contributed by atoms with E-state index in [1.807, 2.05) is 6.92 Å². The molecule has 29 heavy (non-hydrogen) atoms. The smallest absolute Gasteiger partial charge is 0.197 e. The quantitative estimate of drug-likeness (QED) is 0.167. The number of hydrogen-bond donors (Lipinski definition) is 5. The predicted molar refractivity (Wildman–Crippen MR) is 109 cm³/mol. The highest BCUT2D eigenvalue weighted by atomic mass is 16.5. The Bertz CT molecular complexity index is 1030. The number of anilines is 2. The number of aliphatic hydroxyl groups is 1. The van der Waals surface area contributed by atoms with Crippen LogP contribution in [-0.4, -0.2) is 34.3 Å². The van der Waals surface area contributed by atoms with Crippen LogP contribution in [0.25, 0.3) is 11.0 Å². The molecule has 3 aromatic rings. The van der Waals surface area contributed by atoms with E-state index < -0.39 is 0 Å². The number of fused-ring (bicyclic) bond motifs is 1. The molecule has 0 fully saturated rings. The first kappa shape index (κ1) is 20.3. The number of aryl methyl sites for hydroxylation is 1. The van der Waals surface area contributed by atoms with Crippen molar-refractivity contribution in [3.05, 3.63) is 41.2 Å². The Labute approximate surface area is 167 Å². The Hall–Kier alpha value is -3.39. The molecule has 3 rings (SSSR count). The molecule has 0 unspecified atom stereocenters. The third-order valence-electron chi connectivity index (χ3n) is 4.54. The lowest BCUT2D eigenvalue weighted by Gasteiger charge is -2.08. The summed E-state index contributed by atoms with van der Waals surface area (Å²) in [6.07, 6.45) is 1.68. The molecule has 8 heteroatoms. The van der Waals surface area contributed by atoms with Gasteiger partial charge in [-0.25, -0.2) is 0 Å². The summed E-state index contributed by atoms with van der Waals surface area (Å²) in [5, 5.41) is 29.4. The average molecular weight is 400 g/mol. The van der Waals surface area contributed by atoms with Crippen LogP contribution < -0.4 is 16.2 Å². The van der Waals surface area contributed by atoms with Gasteiger partial charge in [-0.1, -0.05) is 6.92 Å². The van der Waals surface area contributed by atoms with Gasteiger partial charge in [0.05, 0.1) is 23.5 Å². The topological polar surface area (TPSA) is 152 Å². The van der Waals surface area contributed by atoms with E-state index in [0.29, 0.717) is 35.1 Å². The Balaban J connectivity index is 2.11. The minimum Gasteiger partial charge on any atom is -0.504 e. The van der Waals surface area contributed by atoms with Crippen LogP contribution in [0, 0.1) is 0 Å². The Morgan fingerprint density at radius 2 is 1.83 bits per heavy atom. The molecular weight excluding hydrogens is 376 g/mol. The third kappa shape index (κ3) is 3.93. The maximum atomic E-state index is 13.2. The molecule has 0 radical (unpaired) electrons. The van der Waals surface area contributed by atoms with Gasteiger partial charge in [-0.2, -0.15) is 0 Å². The molecule has 0 amide bonds. The Kier molecular flexibility index (Phi) is 5.84. The summed E-state index contributed by atoms with van der Waals surface area (Å²) in [5.41, 5.74) is 12.4. The van der Waals surface area contributed by atoms with Crippen LogP contribution in [0.5, 0.6) is 17.2 Å².